The fourth-order valence-electron chi connectivity index (χ4n) is 4.05. The minimum atomic E-state index is -0.187. The number of hydrogen-bond acceptors (Lipinski definition) is 4. The molecule has 0 radical (unpaired) electrons. The lowest BCUT2D eigenvalue weighted by Gasteiger charge is -2.25. The van der Waals surface area contributed by atoms with Crippen molar-refractivity contribution in [3.63, 3.8) is 0 Å². The molecule has 2 amide bonds. The molecule has 1 aromatic carbocycles. The summed E-state index contributed by atoms with van der Waals surface area (Å²) >= 11 is 6.01. The monoisotopic (exact) mass is 389 g/mol. The van der Waals surface area contributed by atoms with Gasteiger partial charge in [-0.15, -0.1) is 0 Å². The summed E-state index contributed by atoms with van der Waals surface area (Å²) in [6, 6.07) is 7.23. The average molecular weight is 390 g/mol. The van der Waals surface area contributed by atoms with Crippen LogP contribution < -0.4 is 0 Å². The number of carbonyl (C=O) groups excluding carboxylic acids is 2. The maximum Gasteiger partial charge on any atom is 0.242 e. The van der Waals surface area contributed by atoms with Crippen LogP contribution in [-0.4, -0.2) is 59.3 Å². The number of likely N-dealkylation sites (tertiary alicyclic amines) is 1. The normalized spacial score (nSPS) is 25.4. The molecule has 144 valence electrons. The number of hydrogen-bond donors (Lipinski definition) is 0. The molecule has 2 unspecified atom stereocenters. The fourth-order valence-corrected chi connectivity index (χ4v) is 4.17. The Morgan fingerprint density at radius 1 is 1.26 bits per heavy atom. The highest BCUT2D eigenvalue weighted by Crippen LogP contribution is 2.25. The molecule has 2 atom stereocenters. The van der Waals surface area contributed by atoms with Crippen molar-refractivity contribution in [3.05, 3.63) is 34.9 Å². The number of hydrazone groups is 1. The van der Waals surface area contributed by atoms with Crippen molar-refractivity contribution < 1.29 is 14.3 Å². The first-order valence-corrected chi connectivity index (χ1v) is 10.1. The molecular weight excluding hydrogens is 366 g/mol. The quantitative estimate of drug-likeness (QED) is 0.777. The second-order valence-electron chi connectivity index (χ2n) is 7.35. The zero-order valence-electron chi connectivity index (χ0n) is 15.3. The molecule has 0 N–H and O–H groups in total. The molecule has 4 rings (SSSR count). The Morgan fingerprint density at radius 3 is 2.74 bits per heavy atom. The second kappa shape index (κ2) is 7.98. The number of halogens is 1. The molecule has 3 aliphatic rings. The van der Waals surface area contributed by atoms with Gasteiger partial charge in [0, 0.05) is 36.6 Å². The van der Waals surface area contributed by atoms with Crippen LogP contribution in [-0.2, 0) is 14.3 Å². The lowest BCUT2D eigenvalue weighted by Crippen LogP contribution is -2.44. The second-order valence-corrected chi connectivity index (χ2v) is 7.78. The number of rotatable bonds is 5. The Labute approximate surface area is 164 Å². The Kier molecular flexibility index (Phi) is 5.45. The Hall–Kier alpha value is -1.92. The highest BCUT2D eigenvalue weighted by molar-refractivity contribution is 6.30. The van der Waals surface area contributed by atoms with Crippen LogP contribution in [0.25, 0.3) is 0 Å². The predicted molar refractivity (Wildman–Crippen MR) is 103 cm³/mol. The first-order valence-electron chi connectivity index (χ1n) is 9.67. The van der Waals surface area contributed by atoms with E-state index in [1.54, 1.807) is 0 Å². The molecule has 6 nitrogen and oxygen atoms in total. The van der Waals surface area contributed by atoms with Crippen LogP contribution in [0.1, 0.15) is 44.1 Å². The van der Waals surface area contributed by atoms with Crippen molar-refractivity contribution in [2.45, 2.75) is 50.7 Å². The van der Waals surface area contributed by atoms with E-state index in [2.05, 4.69) is 5.10 Å². The maximum absolute atomic E-state index is 12.7. The highest BCUT2D eigenvalue weighted by atomic mass is 35.5. The fraction of sp³-hybridized carbons (Fsp3) is 0.550. The van der Waals surface area contributed by atoms with Gasteiger partial charge in [0.05, 0.1) is 24.4 Å². The largest absolute Gasteiger partial charge is 0.378 e. The minimum Gasteiger partial charge on any atom is -0.378 e. The number of amides is 2. The summed E-state index contributed by atoms with van der Waals surface area (Å²) in [5, 5.41) is 6.80. The summed E-state index contributed by atoms with van der Waals surface area (Å²) in [6.45, 7) is 1.93. The van der Waals surface area contributed by atoms with Crippen molar-refractivity contribution >= 4 is 29.1 Å². The van der Waals surface area contributed by atoms with Crippen molar-refractivity contribution in [1.82, 2.24) is 9.91 Å². The van der Waals surface area contributed by atoms with Crippen molar-refractivity contribution in [2.75, 3.05) is 19.7 Å². The predicted octanol–water partition coefficient (Wildman–Crippen LogP) is 2.84. The first kappa shape index (κ1) is 18.4. The van der Waals surface area contributed by atoms with Crippen LogP contribution >= 0.6 is 11.6 Å². The van der Waals surface area contributed by atoms with E-state index >= 15 is 0 Å². The Bertz CT molecular complexity index is 743. The van der Waals surface area contributed by atoms with E-state index in [0.717, 1.165) is 43.6 Å². The van der Waals surface area contributed by atoms with Crippen LogP contribution in [0.2, 0.25) is 5.02 Å². The van der Waals surface area contributed by atoms with E-state index in [1.165, 1.54) is 5.01 Å². The third-order valence-electron chi connectivity index (χ3n) is 5.51. The van der Waals surface area contributed by atoms with Gasteiger partial charge >= 0.3 is 0 Å². The number of carbonyl (C=O) groups is 2. The van der Waals surface area contributed by atoms with Crippen LogP contribution in [0.15, 0.2) is 29.4 Å². The van der Waals surface area contributed by atoms with Crippen LogP contribution in [0.3, 0.4) is 0 Å². The molecule has 2 saturated heterocycles. The molecule has 0 saturated carbocycles. The molecule has 1 aromatic rings. The van der Waals surface area contributed by atoms with Gasteiger partial charge in [0.1, 0.15) is 0 Å². The molecule has 0 aliphatic carbocycles. The van der Waals surface area contributed by atoms with Gasteiger partial charge in [-0.2, -0.15) is 5.10 Å². The summed E-state index contributed by atoms with van der Waals surface area (Å²) in [5.41, 5.74) is 1.67. The summed E-state index contributed by atoms with van der Waals surface area (Å²) in [5.74, 6) is 0.126. The SMILES string of the molecule is O=C(CCC1CCCO1)N1CC(N2CCCC2=O)C(c2ccc(Cl)cc2)=N1. The molecule has 3 aliphatic heterocycles. The highest BCUT2D eigenvalue weighted by Gasteiger charge is 2.38. The van der Waals surface area contributed by atoms with Gasteiger partial charge in [-0.3, -0.25) is 9.59 Å². The van der Waals surface area contributed by atoms with Gasteiger partial charge in [0.15, 0.2) is 0 Å². The third kappa shape index (κ3) is 4.01. The minimum absolute atomic E-state index is 0.00823. The molecule has 0 bridgehead atoms. The first-order chi connectivity index (χ1) is 13.1. The van der Waals surface area contributed by atoms with Crippen molar-refractivity contribution in [2.24, 2.45) is 5.10 Å². The number of ether oxygens (including phenoxy) is 1. The van der Waals surface area contributed by atoms with Crippen molar-refractivity contribution in [1.29, 1.82) is 0 Å². The van der Waals surface area contributed by atoms with E-state index < -0.39 is 0 Å². The van der Waals surface area contributed by atoms with Gasteiger partial charge < -0.3 is 9.64 Å². The van der Waals surface area contributed by atoms with Gasteiger partial charge in [0.2, 0.25) is 11.8 Å². The summed E-state index contributed by atoms with van der Waals surface area (Å²) < 4.78 is 5.61. The zero-order valence-corrected chi connectivity index (χ0v) is 16.0. The smallest absolute Gasteiger partial charge is 0.242 e. The summed E-state index contributed by atoms with van der Waals surface area (Å²) in [7, 11) is 0. The topological polar surface area (TPSA) is 62.2 Å². The molecule has 7 heteroatoms. The molecule has 3 heterocycles. The Balaban J connectivity index is 1.51. The van der Waals surface area contributed by atoms with Crippen LogP contribution in [0.5, 0.6) is 0 Å². The zero-order chi connectivity index (χ0) is 18.8. The summed E-state index contributed by atoms with van der Waals surface area (Å²) in [4.78, 5) is 26.9. The third-order valence-corrected chi connectivity index (χ3v) is 5.76. The van der Waals surface area contributed by atoms with E-state index in [0.29, 0.717) is 31.0 Å². The molecule has 0 spiro atoms. The molecule has 27 heavy (non-hydrogen) atoms. The average Bonchev–Trinajstić information content (AvgIpc) is 3.41. The van der Waals surface area contributed by atoms with E-state index in [4.69, 9.17) is 16.3 Å². The van der Waals surface area contributed by atoms with Gasteiger partial charge in [-0.1, -0.05) is 23.7 Å². The van der Waals surface area contributed by atoms with Crippen LogP contribution in [0, 0.1) is 0 Å². The van der Waals surface area contributed by atoms with Gasteiger partial charge in [0.25, 0.3) is 0 Å². The lowest BCUT2D eigenvalue weighted by atomic mass is 10.0. The maximum atomic E-state index is 12.7. The lowest BCUT2D eigenvalue weighted by molar-refractivity contribution is -0.133. The Morgan fingerprint density at radius 2 is 2.07 bits per heavy atom. The summed E-state index contributed by atoms with van der Waals surface area (Å²) in [6.07, 6.45) is 4.86. The molecule has 2 fully saturated rings. The standard InChI is InChI=1S/C20H24ClN3O3/c21-15-7-5-14(6-8-15)20-17(23-11-1-4-18(23)25)13-24(22-20)19(26)10-9-16-3-2-12-27-16/h5-8,16-17H,1-4,9-13H2. The van der Waals surface area contributed by atoms with Gasteiger partial charge in [-0.25, -0.2) is 5.01 Å². The van der Waals surface area contributed by atoms with E-state index in [9.17, 15) is 9.59 Å². The van der Waals surface area contributed by atoms with E-state index in [-0.39, 0.29) is 24.0 Å². The number of benzene rings is 1. The van der Waals surface area contributed by atoms with Gasteiger partial charge in [-0.05, 0) is 37.8 Å². The van der Waals surface area contributed by atoms with Crippen LogP contribution in [0.4, 0.5) is 0 Å². The van der Waals surface area contributed by atoms with E-state index in [1.807, 2.05) is 29.2 Å². The molecule has 0 aromatic heterocycles. The number of nitrogens with zero attached hydrogens (tertiary/aromatic N) is 3. The van der Waals surface area contributed by atoms with Crippen molar-refractivity contribution in [3.8, 4) is 0 Å². The molecular formula is C20H24ClN3O3.